The topological polar surface area (TPSA) is 51.4 Å². The lowest BCUT2D eigenvalue weighted by molar-refractivity contribution is -0.0658. The average molecular weight is 301 g/mol. The third-order valence-electron chi connectivity index (χ3n) is 4.25. The first-order valence-corrected chi connectivity index (χ1v) is 7.74. The number of nitrogens with zero attached hydrogens (tertiary/aromatic N) is 3. The second-order valence-electron chi connectivity index (χ2n) is 6.18. The van der Waals surface area contributed by atoms with E-state index in [0.29, 0.717) is 31.0 Å². The molecule has 22 heavy (non-hydrogen) atoms. The molecule has 1 aliphatic rings. The van der Waals surface area contributed by atoms with Crippen molar-refractivity contribution in [2.24, 2.45) is 0 Å². The first-order valence-electron chi connectivity index (χ1n) is 7.74. The summed E-state index contributed by atoms with van der Waals surface area (Å²) >= 11 is 0. The molecule has 0 aliphatic carbocycles. The van der Waals surface area contributed by atoms with Crippen LogP contribution in [-0.2, 0) is 11.3 Å². The van der Waals surface area contributed by atoms with Crippen LogP contribution >= 0.6 is 0 Å². The minimum absolute atomic E-state index is 0.0973. The molecule has 2 unspecified atom stereocenters. The highest BCUT2D eigenvalue weighted by Crippen LogP contribution is 2.28. The molecule has 1 fully saturated rings. The van der Waals surface area contributed by atoms with Crippen LogP contribution in [0.15, 0.2) is 22.6 Å². The van der Waals surface area contributed by atoms with Gasteiger partial charge in [0.05, 0.1) is 19.3 Å². The number of morpholine rings is 1. The molecule has 0 radical (unpaired) electrons. The number of aryl methyl sites for hydroxylation is 3. The van der Waals surface area contributed by atoms with Gasteiger partial charge in [-0.05, 0) is 31.9 Å². The molecule has 2 heterocycles. The molecule has 1 aromatic heterocycles. The summed E-state index contributed by atoms with van der Waals surface area (Å²) in [5.74, 6) is 1.29. The van der Waals surface area contributed by atoms with E-state index in [9.17, 15) is 0 Å². The third kappa shape index (κ3) is 3.20. The molecule has 5 nitrogen and oxygen atoms in total. The summed E-state index contributed by atoms with van der Waals surface area (Å²) in [6.45, 7) is 10.5. The van der Waals surface area contributed by atoms with Gasteiger partial charge in [-0.3, -0.25) is 4.90 Å². The number of ether oxygens (including phenoxy) is 1. The van der Waals surface area contributed by atoms with E-state index in [1.165, 1.54) is 16.7 Å². The molecule has 1 saturated heterocycles. The highest BCUT2D eigenvalue weighted by Gasteiger charge is 2.29. The molecule has 0 bridgehead atoms. The predicted octanol–water partition coefficient (Wildman–Crippen LogP) is 2.96. The van der Waals surface area contributed by atoms with Crippen LogP contribution in [0.5, 0.6) is 0 Å². The molecule has 1 aromatic carbocycles. The lowest BCUT2D eigenvalue weighted by atomic mass is 9.99. The fourth-order valence-electron chi connectivity index (χ4n) is 2.90. The van der Waals surface area contributed by atoms with Crippen molar-refractivity contribution in [1.82, 2.24) is 15.1 Å². The average Bonchev–Trinajstić information content (AvgIpc) is 2.89. The van der Waals surface area contributed by atoms with Crippen LogP contribution in [0.25, 0.3) is 0 Å². The molecule has 0 N–H and O–H groups in total. The van der Waals surface area contributed by atoms with Gasteiger partial charge in [-0.2, -0.15) is 0 Å². The van der Waals surface area contributed by atoms with Crippen molar-refractivity contribution >= 4 is 0 Å². The van der Waals surface area contributed by atoms with Crippen LogP contribution in [0.3, 0.4) is 0 Å². The molecule has 0 amide bonds. The summed E-state index contributed by atoms with van der Waals surface area (Å²) < 4.78 is 11.6. The van der Waals surface area contributed by atoms with Gasteiger partial charge in [-0.25, -0.2) is 0 Å². The van der Waals surface area contributed by atoms with E-state index in [1.54, 1.807) is 0 Å². The van der Waals surface area contributed by atoms with Crippen molar-refractivity contribution in [1.29, 1.82) is 0 Å². The summed E-state index contributed by atoms with van der Waals surface area (Å²) in [7, 11) is 0. The van der Waals surface area contributed by atoms with Crippen LogP contribution in [0.2, 0.25) is 0 Å². The third-order valence-corrected chi connectivity index (χ3v) is 4.25. The van der Waals surface area contributed by atoms with Gasteiger partial charge in [-0.1, -0.05) is 23.8 Å². The van der Waals surface area contributed by atoms with Crippen molar-refractivity contribution in [3.8, 4) is 0 Å². The lowest BCUT2D eigenvalue weighted by Crippen LogP contribution is -2.44. The van der Waals surface area contributed by atoms with Gasteiger partial charge in [0.15, 0.2) is 0 Å². The smallest absolute Gasteiger partial charge is 0.230 e. The SMILES string of the molecule is Cc1ccc(C)c(C2CN(Cc3nnc(C)o3)C(C)CO2)c1. The first-order chi connectivity index (χ1) is 10.5. The highest BCUT2D eigenvalue weighted by atomic mass is 16.5. The maximum atomic E-state index is 6.08. The fourth-order valence-corrected chi connectivity index (χ4v) is 2.90. The summed E-state index contributed by atoms with van der Waals surface area (Å²) in [5.41, 5.74) is 3.82. The Balaban J connectivity index is 1.76. The zero-order valence-corrected chi connectivity index (χ0v) is 13.7. The van der Waals surface area contributed by atoms with Crippen molar-refractivity contribution in [3.05, 3.63) is 46.7 Å². The second-order valence-corrected chi connectivity index (χ2v) is 6.18. The number of rotatable bonds is 3. The van der Waals surface area contributed by atoms with Gasteiger partial charge in [0.2, 0.25) is 11.8 Å². The number of aromatic nitrogens is 2. The molecule has 2 aromatic rings. The Kier molecular flexibility index (Phi) is 4.27. The maximum absolute atomic E-state index is 6.08. The van der Waals surface area contributed by atoms with E-state index >= 15 is 0 Å². The van der Waals surface area contributed by atoms with Gasteiger partial charge in [-0.15, -0.1) is 10.2 Å². The van der Waals surface area contributed by atoms with Gasteiger partial charge < -0.3 is 9.15 Å². The van der Waals surface area contributed by atoms with Crippen molar-refractivity contribution in [2.45, 2.75) is 46.4 Å². The molecule has 5 heteroatoms. The standard InChI is InChI=1S/C17H23N3O2/c1-11-5-6-12(2)15(7-11)16-8-20(13(3)10-21-16)9-17-19-18-14(4)22-17/h5-7,13,16H,8-10H2,1-4H3. The van der Waals surface area contributed by atoms with Gasteiger partial charge in [0, 0.05) is 19.5 Å². The molecule has 2 atom stereocenters. The Morgan fingerprint density at radius 1 is 1.23 bits per heavy atom. The molecular formula is C17H23N3O2. The molecular weight excluding hydrogens is 278 g/mol. The minimum Gasteiger partial charge on any atom is -0.424 e. The van der Waals surface area contributed by atoms with Crippen molar-refractivity contribution in [2.75, 3.05) is 13.2 Å². The van der Waals surface area contributed by atoms with E-state index in [2.05, 4.69) is 54.1 Å². The monoisotopic (exact) mass is 301 g/mol. The summed E-state index contributed by atoms with van der Waals surface area (Å²) in [6, 6.07) is 6.88. The van der Waals surface area contributed by atoms with Crippen LogP contribution in [-0.4, -0.2) is 34.3 Å². The molecule has 0 spiro atoms. The Bertz CT molecular complexity index is 653. The lowest BCUT2D eigenvalue weighted by Gasteiger charge is -2.37. The summed E-state index contributed by atoms with van der Waals surface area (Å²) in [6.07, 6.45) is 0.0973. The normalized spacial score (nSPS) is 22.9. The quantitative estimate of drug-likeness (QED) is 0.872. The Labute approximate surface area is 131 Å². The molecule has 3 rings (SSSR count). The number of benzene rings is 1. The van der Waals surface area contributed by atoms with E-state index in [4.69, 9.17) is 9.15 Å². The predicted molar refractivity (Wildman–Crippen MR) is 83.5 cm³/mol. The largest absolute Gasteiger partial charge is 0.424 e. The Morgan fingerprint density at radius 2 is 2.05 bits per heavy atom. The van der Waals surface area contributed by atoms with E-state index in [-0.39, 0.29) is 6.10 Å². The molecule has 118 valence electrons. The van der Waals surface area contributed by atoms with Gasteiger partial charge in [0.25, 0.3) is 0 Å². The van der Waals surface area contributed by atoms with E-state index in [1.807, 2.05) is 6.92 Å². The van der Waals surface area contributed by atoms with Crippen LogP contribution < -0.4 is 0 Å². The zero-order chi connectivity index (χ0) is 15.7. The molecule has 0 saturated carbocycles. The van der Waals surface area contributed by atoms with Crippen LogP contribution in [0.4, 0.5) is 0 Å². The zero-order valence-electron chi connectivity index (χ0n) is 13.7. The molecule has 1 aliphatic heterocycles. The summed E-state index contributed by atoms with van der Waals surface area (Å²) in [4.78, 5) is 2.35. The maximum Gasteiger partial charge on any atom is 0.230 e. The van der Waals surface area contributed by atoms with Crippen molar-refractivity contribution in [3.63, 3.8) is 0 Å². The fraction of sp³-hybridized carbons (Fsp3) is 0.529. The van der Waals surface area contributed by atoms with E-state index < -0.39 is 0 Å². The van der Waals surface area contributed by atoms with Crippen molar-refractivity contribution < 1.29 is 9.15 Å². The Hall–Kier alpha value is -1.72. The summed E-state index contributed by atoms with van der Waals surface area (Å²) in [5, 5.41) is 8.01. The van der Waals surface area contributed by atoms with Gasteiger partial charge in [0.1, 0.15) is 0 Å². The first kappa shape index (κ1) is 15.2. The van der Waals surface area contributed by atoms with E-state index in [0.717, 1.165) is 6.54 Å². The second kappa shape index (κ2) is 6.18. The number of hydrogen-bond donors (Lipinski definition) is 0. The highest BCUT2D eigenvalue weighted by molar-refractivity contribution is 5.32. The number of hydrogen-bond acceptors (Lipinski definition) is 5. The Morgan fingerprint density at radius 3 is 2.77 bits per heavy atom. The van der Waals surface area contributed by atoms with Gasteiger partial charge >= 0.3 is 0 Å². The van der Waals surface area contributed by atoms with Crippen LogP contribution in [0.1, 0.15) is 41.5 Å². The van der Waals surface area contributed by atoms with Crippen LogP contribution in [0, 0.1) is 20.8 Å². The minimum atomic E-state index is 0.0973.